The van der Waals surface area contributed by atoms with Gasteiger partial charge >= 0.3 is 0 Å². The van der Waals surface area contributed by atoms with Crippen LogP contribution in [0.5, 0.6) is 0 Å². The number of carbonyl (C=O) groups excluding carboxylic acids is 1. The highest BCUT2D eigenvalue weighted by molar-refractivity contribution is 7.89. The van der Waals surface area contributed by atoms with E-state index in [2.05, 4.69) is 36.0 Å². The fourth-order valence-corrected chi connectivity index (χ4v) is 4.34. The Hall–Kier alpha value is -2.18. The van der Waals surface area contributed by atoms with Crippen molar-refractivity contribution in [2.45, 2.75) is 37.5 Å². The van der Waals surface area contributed by atoms with E-state index in [1.807, 2.05) is 18.2 Å². The molecule has 0 heterocycles. The molecule has 0 aliphatic heterocycles. The van der Waals surface area contributed by atoms with Crippen molar-refractivity contribution in [1.29, 1.82) is 0 Å². The van der Waals surface area contributed by atoms with Crippen molar-refractivity contribution >= 4 is 15.9 Å². The van der Waals surface area contributed by atoms with Crippen molar-refractivity contribution in [2.24, 2.45) is 11.8 Å². The minimum atomic E-state index is -3.59. The number of hydrogen-bond acceptors (Lipinski definition) is 3. The van der Waals surface area contributed by atoms with Crippen molar-refractivity contribution in [3.63, 3.8) is 0 Å². The maximum atomic E-state index is 12.6. The third kappa shape index (κ3) is 5.42. The molecule has 28 heavy (non-hydrogen) atoms. The molecule has 0 aromatic heterocycles. The predicted octanol–water partition coefficient (Wildman–Crippen LogP) is 3.54. The van der Waals surface area contributed by atoms with Gasteiger partial charge in [0.15, 0.2) is 0 Å². The molecule has 1 amide bonds. The zero-order chi connectivity index (χ0) is 20.1. The number of nitrogens with one attached hydrogen (secondary N) is 2. The Balaban J connectivity index is 1.67. The van der Waals surface area contributed by atoms with E-state index in [1.165, 1.54) is 17.7 Å². The number of carbonyl (C=O) groups is 1. The van der Waals surface area contributed by atoms with Gasteiger partial charge in [0, 0.05) is 24.6 Å². The monoisotopic (exact) mass is 400 g/mol. The second kappa shape index (κ2) is 8.88. The van der Waals surface area contributed by atoms with Crippen molar-refractivity contribution in [1.82, 2.24) is 10.0 Å². The summed E-state index contributed by atoms with van der Waals surface area (Å²) in [5, 5.41) is 2.96. The van der Waals surface area contributed by atoms with Crippen LogP contribution in [0.1, 0.15) is 48.5 Å². The summed E-state index contributed by atoms with van der Waals surface area (Å²) < 4.78 is 27.5. The lowest BCUT2D eigenvalue weighted by atomic mass is 9.88. The van der Waals surface area contributed by atoms with E-state index in [0.29, 0.717) is 30.5 Å². The molecule has 3 rings (SSSR count). The van der Waals surface area contributed by atoms with Gasteiger partial charge in [-0.25, -0.2) is 13.1 Å². The quantitative estimate of drug-likeness (QED) is 0.676. The fourth-order valence-electron chi connectivity index (χ4n) is 3.18. The molecule has 2 N–H and O–H groups in total. The molecule has 1 atom stereocenters. The standard InChI is InChI=1S/C22H28N2O3S/c1-16(2)21(18-7-4-3-5-8-18)15-23-22(25)19-9-6-10-20(13-19)28(26,27)24-14-17-11-12-17/h3-10,13,16-17,21,24H,11-12,14-15H2,1-2H3,(H,23,25). The van der Waals surface area contributed by atoms with E-state index >= 15 is 0 Å². The molecule has 2 aromatic rings. The molecule has 2 aromatic carbocycles. The summed E-state index contributed by atoms with van der Waals surface area (Å²) >= 11 is 0. The van der Waals surface area contributed by atoms with E-state index in [0.717, 1.165) is 12.8 Å². The van der Waals surface area contributed by atoms with Crippen LogP contribution in [0, 0.1) is 11.8 Å². The Morgan fingerprint density at radius 2 is 1.79 bits per heavy atom. The van der Waals surface area contributed by atoms with Crippen molar-refractivity contribution < 1.29 is 13.2 Å². The lowest BCUT2D eigenvalue weighted by Crippen LogP contribution is -2.31. The summed E-state index contributed by atoms with van der Waals surface area (Å²) in [4.78, 5) is 12.8. The van der Waals surface area contributed by atoms with E-state index < -0.39 is 10.0 Å². The van der Waals surface area contributed by atoms with Gasteiger partial charge in [-0.05, 0) is 48.4 Å². The predicted molar refractivity (Wildman–Crippen MR) is 111 cm³/mol. The van der Waals surface area contributed by atoms with Crippen LogP contribution in [0.4, 0.5) is 0 Å². The van der Waals surface area contributed by atoms with Gasteiger partial charge < -0.3 is 5.32 Å². The highest BCUT2D eigenvalue weighted by atomic mass is 32.2. The number of hydrogen-bond donors (Lipinski definition) is 2. The Morgan fingerprint density at radius 1 is 1.07 bits per heavy atom. The summed E-state index contributed by atoms with van der Waals surface area (Å²) in [7, 11) is -3.59. The highest BCUT2D eigenvalue weighted by Crippen LogP contribution is 2.28. The summed E-state index contributed by atoms with van der Waals surface area (Å²) in [6.45, 7) is 5.22. The van der Waals surface area contributed by atoms with Crippen molar-refractivity contribution in [3.8, 4) is 0 Å². The molecule has 0 saturated heterocycles. The zero-order valence-corrected chi connectivity index (χ0v) is 17.2. The molecule has 1 saturated carbocycles. The maximum absolute atomic E-state index is 12.6. The molecule has 0 bridgehead atoms. The van der Waals surface area contributed by atoms with Crippen LogP contribution in [0.15, 0.2) is 59.5 Å². The Kier molecular flexibility index (Phi) is 6.52. The van der Waals surface area contributed by atoms with Crippen LogP contribution < -0.4 is 10.0 Å². The SMILES string of the molecule is CC(C)C(CNC(=O)c1cccc(S(=O)(=O)NCC2CC2)c1)c1ccccc1. The van der Waals surface area contributed by atoms with Gasteiger partial charge in [-0.3, -0.25) is 4.79 Å². The van der Waals surface area contributed by atoms with Crippen LogP contribution in [0.3, 0.4) is 0 Å². The second-order valence-corrected chi connectivity index (χ2v) is 9.56. The van der Waals surface area contributed by atoms with Gasteiger partial charge in [-0.2, -0.15) is 0 Å². The van der Waals surface area contributed by atoms with Crippen LogP contribution in [0.2, 0.25) is 0 Å². The van der Waals surface area contributed by atoms with E-state index in [9.17, 15) is 13.2 Å². The first-order valence-corrected chi connectivity index (χ1v) is 11.3. The lowest BCUT2D eigenvalue weighted by Gasteiger charge is -2.22. The molecular formula is C22H28N2O3S. The highest BCUT2D eigenvalue weighted by Gasteiger charge is 2.25. The van der Waals surface area contributed by atoms with Gasteiger partial charge in [0.25, 0.3) is 5.91 Å². The molecule has 1 aliphatic rings. The molecule has 0 radical (unpaired) electrons. The fraction of sp³-hybridized carbons (Fsp3) is 0.409. The molecule has 150 valence electrons. The van der Waals surface area contributed by atoms with Crippen LogP contribution in [-0.2, 0) is 10.0 Å². The molecular weight excluding hydrogens is 372 g/mol. The first kappa shape index (κ1) is 20.6. The topological polar surface area (TPSA) is 75.3 Å². The number of sulfonamides is 1. The summed E-state index contributed by atoms with van der Waals surface area (Å²) in [5.41, 5.74) is 1.53. The average molecular weight is 401 g/mol. The Morgan fingerprint density at radius 3 is 2.43 bits per heavy atom. The third-order valence-corrected chi connectivity index (χ3v) is 6.60. The Labute approximate surface area is 167 Å². The van der Waals surface area contributed by atoms with E-state index in [-0.39, 0.29) is 16.7 Å². The van der Waals surface area contributed by atoms with Crippen molar-refractivity contribution in [3.05, 3.63) is 65.7 Å². The minimum absolute atomic E-state index is 0.129. The maximum Gasteiger partial charge on any atom is 0.251 e. The summed E-state index contributed by atoms with van der Waals surface area (Å²) in [6, 6.07) is 16.3. The van der Waals surface area contributed by atoms with Gasteiger partial charge in [0.05, 0.1) is 4.90 Å². The van der Waals surface area contributed by atoms with Gasteiger partial charge in [-0.1, -0.05) is 50.2 Å². The zero-order valence-electron chi connectivity index (χ0n) is 16.4. The molecule has 1 aliphatic carbocycles. The molecule has 0 spiro atoms. The van der Waals surface area contributed by atoms with Gasteiger partial charge in [0.2, 0.25) is 10.0 Å². The number of rotatable bonds is 9. The van der Waals surface area contributed by atoms with Crippen LogP contribution in [-0.4, -0.2) is 27.4 Å². The summed E-state index contributed by atoms with van der Waals surface area (Å²) in [6.07, 6.45) is 2.15. The minimum Gasteiger partial charge on any atom is -0.351 e. The summed E-state index contributed by atoms with van der Waals surface area (Å²) in [5.74, 6) is 0.742. The number of benzene rings is 2. The Bertz CT molecular complexity index is 906. The molecule has 1 unspecified atom stereocenters. The van der Waals surface area contributed by atoms with Gasteiger partial charge in [-0.15, -0.1) is 0 Å². The van der Waals surface area contributed by atoms with Crippen molar-refractivity contribution in [2.75, 3.05) is 13.1 Å². The second-order valence-electron chi connectivity index (χ2n) is 7.79. The molecule has 6 heteroatoms. The average Bonchev–Trinajstić information content (AvgIpc) is 3.52. The van der Waals surface area contributed by atoms with E-state index in [1.54, 1.807) is 12.1 Å². The first-order chi connectivity index (χ1) is 13.4. The van der Waals surface area contributed by atoms with Gasteiger partial charge in [0.1, 0.15) is 0 Å². The van der Waals surface area contributed by atoms with E-state index in [4.69, 9.17) is 0 Å². The third-order valence-electron chi connectivity index (χ3n) is 5.18. The smallest absolute Gasteiger partial charge is 0.251 e. The first-order valence-electron chi connectivity index (χ1n) is 9.79. The normalized spacial score (nSPS) is 15.4. The molecule has 1 fully saturated rings. The molecule has 5 nitrogen and oxygen atoms in total. The number of amides is 1. The van der Waals surface area contributed by atoms with Crippen LogP contribution in [0.25, 0.3) is 0 Å². The largest absolute Gasteiger partial charge is 0.351 e. The van der Waals surface area contributed by atoms with Crippen LogP contribution >= 0.6 is 0 Å². The lowest BCUT2D eigenvalue weighted by molar-refractivity contribution is 0.0949.